The van der Waals surface area contributed by atoms with Gasteiger partial charge in [-0.3, -0.25) is 4.79 Å². The number of thiophene rings is 1. The number of hydrogen-bond donors (Lipinski definition) is 2. The van der Waals surface area contributed by atoms with Gasteiger partial charge in [0.2, 0.25) is 5.91 Å². The van der Waals surface area contributed by atoms with E-state index in [0.717, 1.165) is 40.1 Å². The first-order valence-electron chi connectivity index (χ1n) is 14.5. The molecule has 4 aromatic rings. The summed E-state index contributed by atoms with van der Waals surface area (Å²) in [4.78, 5) is 15.8. The van der Waals surface area contributed by atoms with Gasteiger partial charge in [0.25, 0.3) is 10.0 Å². The van der Waals surface area contributed by atoms with Gasteiger partial charge in [-0.2, -0.15) is 0 Å². The minimum atomic E-state index is -3.94. The first-order valence-corrected chi connectivity index (χ1v) is 17.2. The van der Waals surface area contributed by atoms with Crippen LogP contribution >= 0.6 is 22.9 Å². The lowest BCUT2D eigenvalue weighted by atomic mass is 9.97. The molecule has 1 aromatic heterocycles. The van der Waals surface area contributed by atoms with Crippen LogP contribution in [0.1, 0.15) is 61.0 Å². The number of nitrogens with zero attached hydrogens (tertiary/aromatic N) is 1. The molecule has 1 aliphatic rings. The molecule has 0 fully saturated rings. The van der Waals surface area contributed by atoms with Crippen LogP contribution in [0, 0.1) is 12.8 Å². The van der Waals surface area contributed by atoms with Crippen LogP contribution in [0.25, 0.3) is 10.1 Å². The Labute approximate surface area is 263 Å². The lowest BCUT2D eigenvalue weighted by Crippen LogP contribution is -2.36. The van der Waals surface area contributed by atoms with Crippen LogP contribution in [-0.2, 0) is 21.4 Å². The second-order valence-corrected chi connectivity index (χ2v) is 15.1. The van der Waals surface area contributed by atoms with Crippen LogP contribution in [0.3, 0.4) is 0 Å². The van der Waals surface area contributed by atoms with Crippen molar-refractivity contribution in [1.82, 2.24) is 14.9 Å². The molecule has 0 saturated heterocycles. The molecule has 5 rings (SSSR count). The van der Waals surface area contributed by atoms with Crippen molar-refractivity contribution in [2.24, 2.45) is 5.92 Å². The van der Waals surface area contributed by atoms with Crippen molar-refractivity contribution >= 4 is 49.0 Å². The lowest BCUT2D eigenvalue weighted by Gasteiger charge is -2.28. The third-order valence-electron chi connectivity index (χ3n) is 7.57. The summed E-state index contributed by atoms with van der Waals surface area (Å²) in [7, 11) is -1.83. The summed E-state index contributed by atoms with van der Waals surface area (Å²) in [6, 6.07) is 19.8. The van der Waals surface area contributed by atoms with Crippen LogP contribution in [-0.4, -0.2) is 39.4 Å². The predicted molar refractivity (Wildman–Crippen MR) is 174 cm³/mol. The van der Waals surface area contributed by atoms with E-state index in [1.165, 1.54) is 11.3 Å². The molecule has 1 aliphatic heterocycles. The second-order valence-electron chi connectivity index (χ2n) is 11.7. The monoisotopic (exact) mass is 639 g/mol. The molecule has 0 radical (unpaired) electrons. The highest BCUT2D eigenvalue weighted by atomic mass is 35.5. The number of carbonyl (C=O) groups excluding carboxylic acids is 1. The Morgan fingerprint density at radius 2 is 1.88 bits per heavy atom. The quantitative estimate of drug-likeness (QED) is 0.185. The van der Waals surface area contributed by atoms with Gasteiger partial charge < -0.3 is 15.0 Å². The molecule has 1 amide bonds. The zero-order chi connectivity index (χ0) is 30.7. The third kappa shape index (κ3) is 7.59. The molecule has 3 aromatic carbocycles. The molecular weight excluding hydrogens is 602 g/mol. The van der Waals surface area contributed by atoms with Gasteiger partial charge in [-0.1, -0.05) is 67.9 Å². The van der Waals surface area contributed by atoms with Gasteiger partial charge >= 0.3 is 0 Å². The Balaban J connectivity index is 1.33. The first-order chi connectivity index (χ1) is 20.5. The van der Waals surface area contributed by atoms with E-state index >= 15 is 0 Å². The van der Waals surface area contributed by atoms with E-state index in [-0.39, 0.29) is 22.6 Å². The van der Waals surface area contributed by atoms with Crippen molar-refractivity contribution in [2.75, 3.05) is 20.2 Å². The van der Waals surface area contributed by atoms with E-state index in [9.17, 15) is 13.2 Å². The fraction of sp³-hybridized carbons (Fsp3) is 0.364. The fourth-order valence-electron chi connectivity index (χ4n) is 5.70. The summed E-state index contributed by atoms with van der Waals surface area (Å²) >= 11 is 7.37. The minimum Gasteiger partial charge on any atom is -0.493 e. The topological polar surface area (TPSA) is 87.7 Å². The second kappa shape index (κ2) is 13.4. The molecule has 0 bridgehead atoms. The molecule has 10 heteroatoms. The third-order valence-corrected chi connectivity index (χ3v) is 11.2. The van der Waals surface area contributed by atoms with Crippen LogP contribution in [0.2, 0.25) is 5.02 Å². The maximum atomic E-state index is 13.7. The van der Waals surface area contributed by atoms with Gasteiger partial charge in [-0.25, -0.2) is 13.1 Å². The van der Waals surface area contributed by atoms with Crippen molar-refractivity contribution in [3.8, 4) is 5.75 Å². The molecule has 0 saturated carbocycles. The smallest absolute Gasteiger partial charge is 0.250 e. The molecule has 7 nitrogen and oxygen atoms in total. The number of sulfonamides is 1. The Morgan fingerprint density at radius 1 is 1.12 bits per heavy atom. The zero-order valence-electron chi connectivity index (χ0n) is 24.9. The van der Waals surface area contributed by atoms with Gasteiger partial charge in [0.15, 0.2) is 0 Å². The number of rotatable bonds is 11. The number of ether oxygens (including phenoxy) is 1. The highest BCUT2D eigenvalue weighted by Crippen LogP contribution is 2.37. The van der Waals surface area contributed by atoms with Crippen molar-refractivity contribution in [3.63, 3.8) is 0 Å². The van der Waals surface area contributed by atoms with E-state index in [4.69, 9.17) is 16.3 Å². The molecule has 228 valence electrons. The number of hydrogen-bond acceptors (Lipinski definition) is 6. The molecular formula is C33H38ClN3O4S2. The largest absolute Gasteiger partial charge is 0.493 e. The van der Waals surface area contributed by atoms with Crippen molar-refractivity contribution in [2.45, 2.75) is 56.5 Å². The van der Waals surface area contributed by atoms with E-state index in [2.05, 4.69) is 48.0 Å². The van der Waals surface area contributed by atoms with Crippen LogP contribution < -0.4 is 14.8 Å². The lowest BCUT2D eigenvalue weighted by molar-refractivity contribution is -0.122. The molecule has 2 atom stereocenters. The van der Waals surface area contributed by atoms with Crippen LogP contribution in [0.15, 0.2) is 70.9 Å². The summed E-state index contributed by atoms with van der Waals surface area (Å²) < 4.78 is 37.3. The molecule has 0 aliphatic carbocycles. The number of fused-ring (bicyclic) bond motifs is 2. The summed E-state index contributed by atoms with van der Waals surface area (Å²) in [5, 5.41) is 4.50. The normalized spacial score (nSPS) is 15.8. The van der Waals surface area contributed by atoms with E-state index in [1.54, 1.807) is 19.1 Å². The van der Waals surface area contributed by atoms with Crippen molar-refractivity contribution in [1.29, 1.82) is 0 Å². The number of carbonyl (C=O) groups is 1. The predicted octanol–water partition coefficient (Wildman–Crippen LogP) is 7.00. The van der Waals surface area contributed by atoms with Gasteiger partial charge in [0, 0.05) is 41.2 Å². The Kier molecular flexibility index (Phi) is 9.78. The number of benzene rings is 3. The zero-order valence-corrected chi connectivity index (χ0v) is 27.3. The van der Waals surface area contributed by atoms with Gasteiger partial charge in [0.1, 0.15) is 9.96 Å². The number of amides is 1. The average molecular weight is 640 g/mol. The number of aryl methyl sites for hydroxylation is 1. The summed E-state index contributed by atoms with van der Waals surface area (Å²) in [5.74, 6) is 1.12. The maximum absolute atomic E-state index is 13.7. The first kappa shape index (κ1) is 31.5. The SMILES string of the molecule is Cc1c(S(=O)(=O)NC(CC(=O)NC2CCOc3cc(CN(C)CC(C)C)ccc32)c2ccccc2)sc2ccc(Cl)cc12. The van der Waals surface area contributed by atoms with Gasteiger partial charge in [0.05, 0.1) is 18.7 Å². The Hall–Kier alpha value is -2.95. The fourth-order valence-corrected chi connectivity index (χ4v) is 8.86. The standard InChI is InChI=1S/C33H38ClN3O4S2/c1-21(2)19-37(4)20-23-10-12-26-28(14-15-41-30(26)16-23)35-32(38)18-29(24-8-6-5-7-9-24)36-43(39,40)33-22(3)27-17-25(34)11-13-31(27)42-33/h5-13,16-17,21,28-29,36H,14-15,18-20H2,1-4H3,(H,35,38). The molecule has 43 heavy (non-hydrogen) atoms. The molecule has 2 unspecified atom stereocenters. The Morgan fingerprint density at radius 3 is 2.63 bits per heavy atom. The summed E-state index contributed by atoms with van der Waals surface area (Å²) in [6.07, 6.45) is 0.584. The molecule has 0 spiro atoms. The van der Waals surface area contributed by atoms with Gasteiger partial charge in [-0.05, 0) is 66.2 Å². The summed E-state index contributed by atoms with van der Waals surface area (Å²) in [6.45, 7) is 8.50. The number of nitrogens with one attached hydrogen (secondary N) is 2. The molecule has 2 heterocycles. The van der Waals surface area contributed by atoms with E-state index < -0.39 is 16.1 Å². The Bertz CT molecular complexity index is 1710. The highest BCUT2D eigenvalue weighted by Gasteiger charge is 2.29. The van der Waals surface area contributed by atoms with Crippen LogP contribution in [0.5, 0.6) is 5.75 Å². The van der Waals surface area contributed by atoms with E-state index in [0.29, 0.717) is 35.1 Å². The number of halogens is 1. The highest BCUT2D eigenvalue weighted by molar-refractivity contribution is 7.91. The average Bonchev–Trinajstić information content (AvgIpc) is 3.29. The summed E-state index contributed by atoms with van der Waals surface area (Å²) in [5.41, 5.74) is 3.45. The maximum Gasteiger partial charge on any atom is 0.250 e. The minimum absolute atomic E-state index is 0.0518. The van der Waals surface area contributed by atoms with E-state index in [1.807, 2.05) is 42.5 Å². The van der Waals surface area contributed by atoms with Crippen LogP contribution in [0.4, 0.5) is 0 Å². The van der Waals surface area contributed by atoms with Crippen molar-refractivity contribution < 1.29 is 17.9 Å². The van der Waals surface area contributed by atoms with Gasteiger partial charge in [-0.15, -0.1) is 11.3 Å². The molecule has 2 N–H and O–H groups in total. The van der Waals surface area contributed by atoms with Crippen molar-refractivity contribution in [3.05, 3.63) is 94.0 Å².